The van der Waals surface area contributed by atoms with Gasteiger partial charge < -0.3 is 4.48 Å². The fourth-order valence-corrected chi connectivity index (χ4v) is 3.47. The summed E-state index contributed by atoms with van der Waals surface area (Å²) < 4.78 is 0.847. The molecule has 0 aromatic heterocycles. The zero-order valence-corrected chi connectivity index (χ0v) is 15.7. The minimum Gasteiger partial charge on any atom is -0.331 e. The molecular formula is C20H31N2O2+. The van der Waals surface area contributed by atoms with Gasteiger partial charge in [-0.2, -0.15) is 0 Å². The van der Waals surface area contributed by atoms with E-state index in [-0.39, 0.29) is 29.6 Å². The minimum absolute atomic E-state index is 0.00618. The van der Waals surface area contributed by atoms with E-state index in [1.54, 1.807) is 0 Å². The SMILES string of the molecule is CC(CC1C(=O)N(CCC[N+](C)(C)C)C(=O)C1C)c1ccccc1. The Labute approximate surface area is 146 Å². The van der Waals surface area contributed by atoms with E-state index >= 15 is 0 Å². The molecule has 2 rings (SSSR count). The summed E-state index contributed by atoms with van der Waals surface area (Å²) in [4.78, 5) is 26.8. The molecule has 1 fully saturated rings. The Morgan fingerprint density at radius 3 is 2.29 bits per heavy atom. The monoisotopic (exact) mass is 331 g/mol. The Bertz CT molecular complexity index is 577. The first-order valence-electron chi connectivity index (χ1n) is 8.91. The summed E-state index contributed by atoms with van der Waals surface area (Å²) in [5.74, 6) is -0.0745. The second-order valence-electron chi connectivity index (χ2n) is 8.14. The molecule has 1 aromatic carbocycles. The molecule has 0 radical (unpaired) electrons. The molecule has 3 atom stereocenters. The average molecular weight is 331 g/mol. The number of hydrogen-bond donors (Lipinski definition) is 0. The first-order chi connectivity index (χ1) is 11.2. The van der Waals surface area contributed by atoms with Gasteiger partial charge in [-0.1, -0.05) is 44.2 Å². The maximum atomic E-state index is 12.7. The van der Waals surface area contributed by atoms with Crippen molar-refractivity contribution in [2.75, 3.05) is 34.2 Å². The van der Waals surface area contributed by atoms with Gasteiger partial charge in [0.1, 0.15) is 0 Å². The molecule has 0 N–H and O–H groups in total. The highest BCUT2D eigenvalue weighted by molar-refractivity contribution is 6.04. The van der Waals surface area contributed by atoms with Gasteiger partial charge in [0.15, 0.2) is 0 Å². The third-order valence-electron chi connectivity index (χ3n) is 5.03. The van der Waals surface area contributed by atoms with Gasteiger partial charge in [0.05, 0.1) is 33.6 Å². The zero-order chi connectivity index (χ0) is 17.9. The summed E-state index contributed by atoms with van der Waals surface area (Å²) in [5, 5.41) is 0. The number of quaternary nitrogens is 1. The van der Waals surface area contributed by atoms with Crippen molar-refractivity contribution in [2.24, 2.45) is 11.8 Å². The van der Waals surface area contributed by atoms with Crippen molar-refractivity contribution in [3.63, 3.8) is 0 Å². The molecule has 1 aliphatic rings. The Kier molecular flexibility index (Phi) is 5.81. The van der Waals surface area contributed by atoms with E-state index in [2.05, 4.69) is 40.2 Å². The van der Waals surface area contributed by atoms with Crippen molar-refractivity contribution < 1.29 is 14.1 Å². The summed E-state index contributed by atoms with van der Waals surface area (Å²) in [6, 6.07) is 10.2. The highest BCUT2D eigenvalue weighted by Crippen LogP contribution is 2.34. The third-order valence-corrected chi connectivity index (χ3v) is 5.03. The number of carbonyl (C=O) groups excluding carboxylic acids is 2. The lowest BCUT2D eigenvalue weighted by Gasteiger charge is -2.25. The second-order valence-corrected chi connectivity index (χ2v) is 8.14. The van der Waals surface area contributed by atoms with E-state index in [0.29, 0.717) is 6.54 Å². The molecule has 0 aliphatic carbocycles. The van der Waals surface area contributed by atoms with Gasteiger partial charge in [0, 0.05) is 18.9 Å². The van der Waals surface area contributed by atoms with Crippen molar-refractivity contribution in [1.82, 2.24) is 4.90 Å². The molecule has 0 bridgehead atoms. The molecule has 2 amide bonds. The van der Waals surface area contributed by atoms with E-state index in [0.717, 1.165) is 23.9 Å². The predicted molar refractivity (Wildman–Crippen MR) is 96.4 cm³/mol. The molecule has 132 valence electrons. The lowest BCUT2D eigenvalue weighted by molar-refractivity contribution is -0.870. The molecule has 1 saturated heterocycles. The van der Waals surface area contributed by atoms with Gasteiger partial charge in [-0.3, -0.25) is 14.5 Å². The first-order valence-corrected chi connectivity index (χ1v) is 8.91. The summed E-state index contributed by atoms with van der Waals surface area (Å²) in [6.07, 6.45) is 1.59. The van der Waals surface area contributed by atoms with Crippen molar-refractivity contribution in [2.45, 2.75) is 32.6 Å². The predicted octanol–water partition coefficient (Wildman–Crippen LogP) is 2.90. The van der Waals surface area contributed by atoms with Crippen LogP contribution in [0.4, 0.5) is 0 Å². The zero-order valence-electron chi connectivity index (χ0n) is 15.7. The number of rotatable bonds is 7. The number of amides is 2. The molecule has 4 nitrogen and oxygen atoms in total. The molecule has 0 spiro atoms. The van der Waals surface area contributed by atoms with Crippen LogP contribution in [0.3, 0.4) is 0 Å². The van der Waals surface area contributed by atoms with Crippen molar-refractivity contribution in [3.8, 4) is 0 Å². The number of carbonyl (C=O) groups is 2. The van der Waals surface area contributed by atoms with E-state index < -0.39 is 0 Å². The average Bonchev–Trinajstić information content (AvgIpc) is 2.72. The Morgan fingerprint density at radius 1 is 1.08 bits per heavy atom. The Morgan fingerprint density at radius 2 is 1.71 bits per heavy atom. The summed E-state index contributed by atoms with van der Waals surface area (Å²) in [5.41, 5.74) is 1.23. The van der Waals surface area contributed by atoms with Crippen LogP contribution in [0.25, 0.3) is 0 Å². The van der Waals surface area contributed by atoms with Crippen LogP contribution in [0.1, 0.15) is 38.2 Å². The van der Waals surface area contributed by atoms with Crippen LogP contribution in [0, 0.1) is 11.8 Å². The Hall–Kier alpha value is -1.68. The van der Waals surface area contributed by atoms with E-state index in [9.17, 15) is 9.59 Å². The van der Waals surface area contributed by atoms with Gasteiger partial charge in [0.2, 0.25) is 11.8 Å². The first kappa shape index (κ1) is 18.7. The van der Waals surface area contributed by atoms with Gasteiger partial charge in [-0.15, -0.1) is 0 Å². The van der Waals surface area contributed by atoms with Crippen LogP contribution in [0.15, 0.2) is 30.3 Å². The fraction of sp³-hybridized carbons (Fsp3) is 0.600. The second kappa shape index (κ2) is 7.47. The van der Waals surface area contributed by atoms with Gasteiger partial charge in [-0.05, 0) is 17.9 Å². The number of imide groups is 1. The quantitative estimate of drug-likeness (QED) is 0.569. The molecule has 1 aliphatic heterocycles. The van der Waals surface area contributed by atoms with Crippen LogP contribution >= 0.6 is 0 Å². The number of nitrogens with zero attached hydrogens (tertiary/aromatic N) is 2. The van der Waals surface area contributed by atoms with Crippen molar-refractivity contribution >= 4 is 11.8 Å². The van der Waals surface area contributed by atoms with Gasteiger partial charge >= 0.3 is 0 Å². The van der Waals surface area contributed by atoms with E-state index in [4.69, 9.17) is 0 Å². The smallest absolute Gasteiger partial charge is 0.233 e. The third kappa shape index (κ3) is 4.44. The van der Waals surface area contributed by atoms with Crippen molar-refractivity contribution in [3.05, 3.63) is 35.9 Å². The molecule has 3 unspecified atom stereocenters. The molecule has 1 heterocycles. The largest absolute Gasteiger partial charge is 0.331 e. The topological polar surface area (TPSA) is 37.4 Å². The molecule has 0 saturated carbocycles. The normalized spacial score (nSPS) is 23.0. The lowest BCUT2D eigenvalue weighted by atomic mass is 9.85. The highest BCUT2D eigenvalue weighted by Gasteiger charge is 2.45. The maximum absolute atomic E-state index is 12.7. The molecule has 1 aromatic rings. The molecule has 4 heteroatoms. The summed E-state index contributed by atoms with van der Waals surface area (Å²) in [6.45, 7) is 5.55. The lowest BCUT2D eigenvalue weighted by Crippen LogP contribution is -2.39. The minimum atomic E-state index is -0.201. The van der Waals surface area contributed by atoms with Crippen LogP contribution in [-0.4, -0.2) is 55.4 Å². The maximum Gasteiger partial charge on any atom is 0.233 e. The van der Waals surface area contributed by atoms with Gasteiger partial charge in [0.25, 0.3) is 0 Å². The summed E-state index contributed by atoms with van der Waals surface area (Å²) in [7, 11) is 6.38. The number of hydrogen-bond acceptors (Lipinski definition) is 2. The van der Waals surface area contributed by atoms with Gasteiger partial charge in [-0.25, -0.2) is 0 Å². The number of benzene rings is 1. The number of likely N-dealkylation sites (tertiary alicyclic amines) is 1. The van der Waals surface area contributed by atoms with Crippen LogP contribution < -0.4 is 0 Å². The van der Waals surface area contributed by atoms with E-state index in [1.807, 2.05) is 25.1 Å². The summed E-state index contributed by atoms with van der Waals surface area (Å²) >= 11 is 0. The van der Waals surface area contributed by atoms with Crippen LogP contribution in [0.5, 0.6) is 0 Å². The molecule has 24 heavy (non-hydrogen) atoms. The van der Waals surface area contributed by atoms with E-state index in [1.165, 1.54) is 10.5 Å². The molecular weight excluding hydrogens is 300 g/mol. The standard InChI is InChI=1S/C20H31N2O2/c1-15(17-10-7-6-8-11-17)14-18-16(2)19(23)21(20(18)24)12-9-13-22(3,4)5/h6-8,10-11,15-16,18H,9,12-14H2,1-5H3/q+1. The van der Waals surface area contributed by atoms with Crippen LogP contribution in [-0.2, 0) is 9.59 Å². The fourth-order valence-electron chi connectivity index (χ4n) is 3.47. The Balaban J connectivity index is 1.99. The van der Waals surface area contributed by atoms with Crippen molar-refractivity contribution in [1.29, 1.82) is 0 Å². The highest BCUT2D eigenvalue weighted by atomic mass is 16.2. The van der Waals surface area contributed by atoms with Crippen LogP contribution in [0.2, 0.25) is 0 Å².